The molecule has 0 radical (unpaired) electrons. The number of nitrogens with zero attached hydrogens (tertiary/aromatic N) is 2. The van der Waals surface area contributed by atoms with Crippen molar-refractivity contribution in [1.29, 1.82) is 0 Å². The first-order valence-electron chi connectivity index (χ1n) is 6.74. The smallest absolute Gasteiger partial charge is 0.318 e. The van der Waals surface area contributed by atoms with E-state index in [9.17, 15) is 14.7 Å². The first kappa shape index (κ1) is 14.4. The number of aliphatic carboxylic acids is 1. The fraction of sp³-hybridized carbons (Fsp3) is 0.615. The number of aromatic amines is 1. The lowest BCUT2D eigenvalue weighted by Crippen LogP contribution is -2.42. The highest BCUT2D eigenvalue weighted by Crippen LogP contribution is 2.30. The Bertz CT molecular complexity index is 488. The summed E-state index contributed by atoms with van der Waals surface area (Å²) in [4.78, 5) is 32.1. The molecule has 2 unspecified atom stereocenters. The summed E-state index contributed by atoms with van der Waals surface area (Å²) < 4.78 is 0. The van der Waals surface area contributed by atoms with Crippen molar-refractivity contribution in [2.75, 3.05) is 13.1 Å². The SMILES string of the molecule is CCC(NC(=O)N1CCC(C)(C(=O)O)C1)c1ncc[nH]1. The number of urea groups is 1. The Morgan fingerprint density at radius 1 is 1.65 bits per heavy atom. The van der Waals surface area contributed by atoms with Gasteiger partial charge in [0.05, 0.1) is 11.5 Å². The van der Waals surface area contributed by atoms with Gasteiger partial charge in [-0.25, -0.2) is 9.78 Å². The predicted octanol–water partition coefficient (Wildman–Crippen LogP) is 1.37. The van der Waals surface area contributed by atoms with Crippen LogP contribution in [0.5, 0.6) is 0 Å². The second-order valence-electron chi connectivity index (χ2n) is 5.42. The highest BCUT2D eigenvalue weighted by Gasteiger charge is 2.42. The lowest BCUT2D eigenvalue weighted by Gasteiger charge is -2.23. The number of hydrogen-bond acceptors (Lipinski definition) is 3. The first-order chi connectivity index (χ1) is 9.46. The van der Waals surface area contributed by atoms with E-state index in [1.807, 2.05) is 6.92 Å². The normalized spacial score (nSPS) is 23.6. The second kappa shape index (κ2) is 5.52. The van der Waals surface area contributed by atoms with E-state index in [-0.39, 0.29) is 18.6 Å². The van der Waals surface area contributed by atoms with Gasteiger partial charge in [-0.15, -0.1) is 0 Å². The molecule has 0 aromatic carbocycles. The molecule has 7 heteroatoms. The van der Waals surface area contributed by atoms with Crippen LogP contribution in [0.2, 0.25) is 0 Å². The van der Waals surface area contributed by atoms with E-state index < -0.39 is 11.4 Å². The molecular formula is C13H20N4O3. The molecule has 1 saturated heterocycles. The standard InChI is InChI=1S/C13H20N4O3/c1-3-9(10-14-5-6-15-10)16-12(20)17-7-4-13(2,8-17)11(18)19/h5-6,9H,3-4,7-8H2,1-2H3,(H,14,15)(H,16,20)(H,18,19). The molecular weight excluding hydrogens is 260 g/mol. The van der Waals surface area contributed by atoms with E-state index in [4.69, 9.17) is 0 Å². The summed E-state index contributed by atoms with van der Waals surface area (Å²) in [5.74, 6) is -0.146. The molecule has 2 amide bonds. The van der Waals surface area contributed by atoms with Gasteiger partial charge >= 0.3 is 12.0 Å². The van der Waals surface area contributed by atoms with E-state index in [0.717, 1.165) is 0 Å². The zero-order valence-electron chi connectivity index (χ0n) is 11.7. The largest absolute Gasteiger partial charge is 0.481 e. The van der Waals surface area contributed by atoms with Gasteiger partial charge < -0.3 is 20.3 Å². The highest BCUT2D eigenvalue weighted by molar-refractivity contribution is 5.79. The fourth-order valence-corrected chi connectivity index (χ4v) is 2.38. The minimum Gasteiger partial charge on any atom is -0.481 e. The van der Waals surface area contributed by atoms with Gasteiger partial charge in [-0.1, -0.05) is 6.92 Å². The summed E-state index contributed by atoms with van der Waals surface area (Å²) in [6.07, 6.45) is 4.54. The summed E-state index contributed by atoms with van der Waals surface area (Å²) in [5.41, 5.74) is -0.844. The van der Waals surface area contributed by atoms with E-state index in [0.29, 0.717) is 25.2 Å². The number of amides is 2. The molecule has 2 atom stereocenters. The van der Waals surface area contributed by atoms with Crippen molar-refractivity contribution in [3.05, 3.63) is 18.2 Å². The number of aromatic nitrogens is 2. The number of carboxylic acids is 1. The minimum atomic E-state index is -0.856. The summed E-state index contributed by atoms with van der Waals surface area (Å²) >= 11 is 0. The molecule has 1 aromatic heterocycles. The van der Waals surface area contributed by atoms with Crippen molar-refractivity contribution >= 4 is 12.0 Å². The van der Waals surface area contributed by atoms with Crippen LogP contribution in [0.25, 0.3) is 0 Å². The van der Waals surface area contributed by atoms with Crippen molar-refractivity contribution in [1.82, 2.24) is 20.2 Å². The number of rotatable bonds is 4. The number of nitrogens with one attached hydrogen (secondary N) is 2. The first-order valence-corrected chi connectivity index (χ1v) is 6.74. The Balaban J connectivity index is 1.97. The number of carboxylic acid groups (broad SMARTS) is 1. The van der Waals surface area contributed by atoms with Gasteiger partial charge in [-0.05, 0) is 19.8 Å². The average molecular weight is 280 g/mol. The highest BCUT2D eigenvalue weighted by atomic mass is 16.4. The zero-order valence-corrected chi connectivity index (χ0v) is 11.7. The van der Waals surface area contributed by atoms with Crippen molar-refractivity contribution < 1.29 is 14.7 Å². The maximum Gasteiger partial charge on any atom is 0.318 e. The van der Waals surface area contributed by atoms with Gasteiger partial charge in [0.25, 0.3) is 0 Å². The predicted molar refractivity (Wildman–Crippen MR) is 72.1 cm³/mol. The van der Waals surface area contributed by atoms with Crippen LogP contribution in [0.3, 0.4) is 0 Å². The van der Waals surface area contributed by atoms with Gasteiger partial charge in [0.15, 0.2) is 0 Å². The van der Waals surface area contributed by atoms with Crippen molar-refractivity contribution in [3.8, 4) is 0 Å². The molecule has 0 spiro atoms. The minimum absolute atomic E-state index is 0.186. The third-order valence-electron chi connectivity index (χ3n) is 3.83. The van der Waals surface area contributed by atoms with Crippen molar-refractivity contribution in [3.63, 3.8) is 0 Å². The summed E-state index contributed by atoms with van der Waals surface area (Å²) in [6, 6.07) is -0.424. The number of likely N-dealkylation sites (tertiary alicyclic amines) is 1. The number of carbonyl (C=O) groups excluding carboxylic acids is 1. The van der Waals surface area contributed by atoms with Gasteiger partial charge in [0, 0.05) is 25.5 Å². The average Bonchev–Trinajstić information content (AvgIpc) is 3.05. The number of hydrogen-bond donors (Lipinski definition) is 3. The Labute approximate surface area is 117 Å². The topological polar surface area (TPSA) is 98.3 Å². The Morgan fingerprint density at radius 2 is 2.40 bits per heavy atom. The van der Waals surface area contributed by atoms with E-state index in [2.05, 4.69) is 15.3 Å². The summed E-state index contributed by atoms with van der Waals surface area (Å²) in [7, 11) is 0. The fourth-order valence-electron chi connectivity index (χ4n) is 2.38. The van der Waals surface area contributed by atoms with E-state index in [1.54, 1.807) is 24.2 Å². The van der Waals surface area contributed by atoms with Crippen LogP contribution in [0.1, 0.15) is 38.6 Å². The van der Waals surface area contributed by atoms with Crippen LogP contribution in [0.15, 0.2) is 12.4 Å². The van der Waals surface area contributed by atoms with Crippen molar-refractivity contribution in [2.24, 2.45) is 5.41 Å². The molecule has 1 aliphatic rings. The number of H-pyrrole nitrogens is 1. The molecule has 20 heavy (non-hydrogen) atoms. The Morgan fingerprint density at radius 3 is 2.90 bits per heavy atom. The third-order valence-corrected chi connectivity index (χ3v) is 3.83. The van der Waals surface area contributed by atoms with Crippen LogP contribution in [0.4, 0.5) is 4.79 Å². The zero-order chi connectivity index (χ0) is 14.8. The van der Waals surface area contributed by atoms with Crippen LogP contribution >= 0.6 is 0 Å². The molecule has 0 aliphatic carbocycles. The molecule has 2 rings (SSSR count). The third kappa shape index (κ3) is 2.76. The van der Waals surface area contributed by atoms with Gasteiger partial charge in [0.1, 0.15) is 5.82 Å². The van der Waals surface area contributed by atoms with Crippen molar-refractivity contribution in [2.45, 2.75) is 32.7 Å². The second-order valence-corrected chi connectivity index (χ2v) is 5.42. The molecule has 0 saturated carbocycles. The molecule has 2 heterocycles. The molecule has 110 valence electrons. The molecule has 1 fully saturated rings. The Kier molecular flexibility index (Phi) is 3.96. The lowest BCUT2D eigenvalue weighted by atomic mass is 9.90. The van der Waals surface area contributed by atoms with Crippen LogP contribution in [-0.2, 0) is 4.79 Å². The molecule has 1 aromatic rings. The molecule has 0 bridgehead atoms. The maximum atomic E-state index is 12.2. The molecule has 1 aliphatic heterocycles. The van der Waals surface area contributed by atoms with Gasteiger partial charge in [-0.2, -0.15) is 0 Å². The van der Waals surface area contributed by atoms with Gasteiger partial charge in [-0.3, -0.25) is 4.79 Å². The monoisotopic (exact) mass is 280 g/mol. The molecule has 3 N–H and O–H groups in total. The number of carbonyl (C=O) groups is 2. The Hall–Kier alpha value is -2.05. The maximum absolute atomic E-state index is 12.2. The van der Waals surface area contributed by atoms with E-state index in [1.165, 1.54) is 0 Å². The number of imidazole rings is 1. The molecule has 7 nitrogen and oxygen atoms in total. The summed E-state index contributed by atoms with van der Waals surface area (Å²) in [5, 5.41) is 12.1. The van der Waals surface area contributed by atoms with Crippen LogP contribution in [0, 0.1) is 5.41 Å². The quantitative estimate of drug-likeness (QED) is 0.775. The van der Waals surface area contributed by atoms with Crippen LogP contribution in [-0.4, -0.2) is 45.1 Å². The van der Waals surface area contributed by atoms with E-state index >= 15 is 0 Å². The van der Waals surface area contributed by atoms with Crippen LogP contribution < -0.4 is 5.32 Å². The van der Waals surface area contributed by atoms with Gasteiger partial charge in [0.2, 0.25) is 0 Å². The lowest BCUT2D eigenvalue weighted by molar-refractivity contribution is -0.147. The summed E-state index contributed by atoms with van der Waals surface area (Å²) in [6.45, 7) is 4.33.